The van der Waals surface area contributed by atoms with Crippen molar-refractivity contribution in [2.24, 2.45) is 0 Å². The van der Waals surface area contributed by atoms with Crippen molar-refractivity contribution >= 4 is 22.6 Å². The number of benzene rings is 2. The number of rotatable bonds is 2. The Balaban J connectivity index is 1.75. The van der Waals surface area contributed by atoms with Crippen molar-refractivity contribution in [3.8, 4) is 11.4 Å². The zero-order valence-corrected chi connectivity index (χ0v) is 13.7. The van der Waals surface area contributed by atoms with Gasteiger partial charge in [0.05, 0.1) is 29.8 Å². The summed E-state index contributed by atoms with van der Waals surface area (Å²) in [4.78, 5) is 8.02. The molecule has 0 spiro atoms. The summed E-state index contributed by atoms with van der Waals surface area (Å²) in [6.45, 7) is 4.47. The number of imidazole rings is 1. The van der Waals surface area contributed by atoms with Crippen LogP contribution in [0.4, 0.5) is 0 Å². The van der Waals surface area contributed by atoms with Gasteiger partial charge in [-0.2, -0.15) is 0 Å². The zero-order chi connectivity index (χ0) is 15.9. The number of hydrogen-bond donors (Lipinski definition) is 2. The summed E-state index contributed by atoms with van der Waals surface area (Å²) >= 11 is 6.05. The van der Waals surface area contributed by atoms with Gasteiger partial charge in [-0.1, -0.05) is 29.8 Å². The fraction of sp³-hybridized carbons (Fsp3) is 0.278. The maximum absolute atomic E-state index is 6.05. The molecule has 3 aromatic rings. The van der Waals surface area contributed by atoms with E-state index in [0.29, 0.717) is 11.6 Å². The van der Waals surface area contributed by atoms with Gasteiger partial charge in [-0.05, 0) is 36.8 Å². The maximum atomic E-state index is 6.05. The van der Waals surface area contributed by atoms with Crippen molar-refractivity contribution in [3.63, 3.8) is 0 Å². The van der Waals surface area contributed by atoms with E-state index in [1.54, 1.807) is 0 Å². The van der Waals surface area contributed by atoms with E-state index < -0.39 is 0 Å². The predicted molar refractivity (Wildman–Crippen MR) is 92.7 cm³/mol. The molecule has 4 rings (SSSR count). The van der Waals surface area contributed by atoms with Gasteiger partial charge in [-0.15, -0.1) is 0 Å². The Labute approximate surface area is 139 Å². The van der Waals surface area contributed by atoms with Crippen LogP contribution in [0.5, 0.6) is 0 Å². The molecule has 4 nitrogen and oxygen atoms in total. The van der Waals surface area contributed by atoms with Gasteiger partial charge in [0.2, 0.25) is 0 Å². The van der Waals surface area contributed by atoms with E-state index in [9.17, 15) is 0 Å². The molecule has 1 aromatic heterocycles. The second kappa shape index (κ2) is 5.64. The van der Waals surface area contributed by atoms with E-state index >= 15 is 0 Å². The number of H-pyrrole nitrogens is 1. The molecule has 0 aliphatic carbocycles. The van der Waals surface area contributed by atoms with E-state index in [4.69, 9.17) is 16.3 Å². The normalized spacial score (nSPS) is 21.7. The molecule has 1 aliphatic rings. The highest BCUT2D eigenvalue weighted by Gasteiger charge is 2.29. The van der Waals surface area contributed by atoms with Crippen molar-refractivity contribution < 1.29 is 4.74 Å². The topological polar surface area (TPSA) is 49.9 Å². The van der Waals surface area contributed by atoms with Crippen molar-refractivity contribution in [3.05, 3.63) is 53.1 Å². The molecule has 1 aliphatic heterocycles. The van der Waals surface area contributed by atoms with Crippen LogP contribution in [0.25, 0.3) is 22.4 Å². The summed E-state index contributed by atoms with van der Waals surface area (Å²) in [7, 11) is 0. The van der Waals surface area contributed by atoms with Crippen molar-refractivity contribution in [1.82, 2.24) is 15.3 Å². The molecule has 2 heterocycles. The molecule has 5 heteroatoms. The monoisotopic (exact) mass is 327 g/mol. The first kappa shape index (κ1) is 14.7. The number of ether oxygens (including phenoxy) is 1. The molecule has 2 aromatic carbocycles. The highest BCUT2D eigenvalue weighted by molar-refractivity contribution is 6.31. The van der Waals surface area contributed by atoms with E-state index in [2.05, 4.69) is 46.5 Å². The van der Waals surface area contributed by atoms with Gasteiger partial charge in [0, 0.05) is 17.1 Å². The molecular formula is C18H18ClN3O. The summed E-state index contributed by atoms with van der Waals surface area (Å²) < 4.78 is 5.65. The third kappa shape index (κ3) is 2.74. The number of aromatic nitrogens is 2. The van der Waals surface area contributed by atoms with Crippen LogP contribution in [0, 0.1) is 0 Å². The Morgan fingerprint density at radius 2 is 2.13 bits per heavy atom. The summed E-state index contributed by atoms with van der Waals surface area (Å²) in [5.41, 5.74) is 3.96. The molecule has 0 bridgehead atoms. The van der Waals surface area contributed by atoms with Crippen LogP contribution in [0.15, 0.2) is 42.5 Å². The van der Waals surface area contributed by atoms with Crippen molar-refractivity contribution in [1.29, 1.82) is 0 Å². The second-order valence-electron chi connectivity index (χ2n) is 6.14. The van der Waals surface area contributed by atoms with Gasteiger partial charge >= 0.3 is 0 Å². The largest absolute Gasteiger partial charge is 0.378 e. The Morgan fingerprint density at radius 3 is 2.96 bits per heavy atom. The van der Waals surface area contributed by atoms with Gasteiger partial charge in [-0.3, -0.25) is 0 Å². The summed E-state index contributed by atoms with van der Waals surface area (Å²) in [5, 5.41) is 4.26. The maximum Gasteiger partial charge on any atom is 0.138 e. The average molecular weight is 328 g/mol. The minimum absolute atomic E-state index is 0.163. The Hall–Kier alpha value is -1.88. The first-order valence-corrected chi connectivity index (χ1v) is 8.11. The van der Waals surface area contributed by atoms with Gasteiger partial charge in [0.15, 0.2) is 0 Å². The average Bonchev–Trinajstić information content (AvgIpc) is 2.99. The summed E-state index contributed by atoms with van der Waals surface area (Å²) in [6, 6.07) is 14.1. The van der Waals surface area contributed by atoms with Gasteiger partial charge < -0.3 is 15.0 Å². The van der Waals surface area contributed by atoms with Crippen LogP contribution in [-0.2, 0) is 10.3 Å². The highest BCUT2D eigenvalue weighted by atomic mass is 35.5. The Bertz CT molecular complexity index is 852. The third-order valence-electron chi connectivity index (χ3n) is 4.37. The zero-order valence-electron chi connectivity index (χ0n) is 12.9. The fourth-order valence-electron chi connectivity index (χ4n) is 3.04. The minimum atomic E-state index is -0.163. The number of halogens is 1. The van der Waals surface area contributed by atoms with Crippen LogP contribution in [0.2, 0.25) is 5.02 Å². The molecule has 0 radical (unpaired) electrons. The van der Waals surface area contributed by atoms with E-state index in [0.717, 1.165) is 35.6 Å². The van der Waals surface area contributed by atoms with Crippen LogP contribution < -0.4 is 5.32 Å². The van der Waals surface area contributed by atoms with E-state index in [1.807, 2.05) is 18.2 Å². The molecule has 0 saturated carbocycles. The number of nitrogens with one attached hydrogen (secondary N) is 2. The molecule has 118 valence electrons. The first-order chi connectivity index (χ1) is 11.1. The SMILES string of the molecule is CC1(c2cccc(-c3nc4ccc(Cl)cc4[nH]3)c2)COCCN1. The lowest BCUT2D eigenvalue weighted by Crippen LogP contribution is -2.49. The standard InChI is InChI=1S/C18H18ClN3O/c1-18(11-23-8-7-20-18)13-4-2-3-12(9-13)17-21-15-6-5-14(19)10-16(15)22-17/h2-6,9-10,20H,7-8,11H2,1H3,(H,21,22). The first-order valence-electron chi connectivity index (χ1n) is 7.73. The molecular weight excluding hydrogens is 310 g/mol. The highest BCUT2D eigenvalue weighted by Crippen LogP contribution is 2.28. The molecule has 0 amide bonds. The van der Waals surface area contributed by atoms with Gasteiger partial charge in [0.1, 0.15) is 5.82 Å². The Kier molecular flexibility index (Phi) is 3.60. The number of nitrogens with zero attached hydrogens (tertiary/aromatic N) is 1. The van der Waals surface area contributed by atoms with Crippen LogP contribution >= 0.6 is 11.6 Å². The summed E-state index contributed by atoms with van der Waals surface area (Å²) in [5.74, 6) is 0.851. The lowest BCUT2D eigenvalue weighted by atomic mass is 9.90. The van der Waals surface area contributed by atoms with Crippen LogP contribution in [-0.4, -0.2) is 29.7 Å². The molecule has 1 unspecified atom stereocenters. The second-order valence-corrected chi connectivity index (χ2v) is 6.58. The predicted octanol–water partition coefficient (Wildman–Crippen LogP) is 3.72. The third-order valence-corrected chi connectivity index (χ3v) is 4.60. The number of aromatic amines is 1. The Morgan fingerprint density at radius 1 is 1.22 bits per heavy atom. The van der Waals surface area contributed by atoms with Crippen LogP contribution in [0.1, 0.15) is 12.5 Å². The quantitative estimate of drug-likeness (QED) is 0.754. The van der Waals surface area contributed by atoms with Crippen molar-refractivity contribution in [2.45, 2.75) is 12.5 Å². The molecule has 1 fully saturated rings. The minimum Gasteiger partial charge on any atom is -0.378 e. The number of fused-ring (bicyclic) bond motifs is 1. The molecule has 1 atom stereocenters. The lowest BCUT2D eigenvalue weighted by Gasteiger charge is -2.35. The molecule has 2 N–H and O–H groups in total. The van der Waals surface area contributed by atoms with Crippen molar-refractivity contribution in [2.75, 3.05) is 19.8 Å². The van der Waals surface area contributed by atoms with E-state index in [-0.39, 0.29) is 5.54 Å². The summed E-state index contributed by atoms with van der Waals surface area (Å²) in [6.07, 6.45) is 0. The van der Waals surface area contributed by atoms with Crippen LogP contribution in [0.3, 0.4) is 0 Å². The van der Waals surface area contributed by atoms with E-state index in [1.165, 1.54) is 5.56 Å². The molecule has 1 saturated heterocycles. The fourth-order valence-corrected chi connectivity index (χ4v) is 3.21. The van der Waals surface area contributed by atoms with Gasteiger partial charge in [0.25, 0.3) is 0 Å². The smallest absolute Gasteiger partial charge is 0.138 e. The van der Waals surface area contributed by atoms with Gasteiger partial charge in [-0.25, -0.2) is 4.98 Å². The number of hydrogen-bond acceptors (Lipinski definition) is 3. The molecule has 23 heavy (non-hydrogen) atoms. The lowest BCUT2D eigenvalue weighted by molar-refractivity contribution is 0.0339. The number of morpholine rings is 1.